The van der Waals surface area contributed by atoms with Crippen LogP contribution in [0, 0.1) is 0 Å². The van der Waals surface area contributed by atoms with E-state index in [1.165, 1.54) is 63.4 Å². The Labute approximate surface area is 147 Å². The van der Waals surface area contributed by atoms with Crippen molar-refractivity contribution >= 4 is 0 Å². The summed E-state index contributed by atoms with van der Waals surface area (Å²) in [7, 11) is 3.99. The van der Waals surface area contributed by atoms with Crippen molar-refractivity contribution in [3.8, 4) is 0 Å². The summed E-state index contributed by atoms with van der Waals surface area (Å²) in [5, 5.41) is 0. The molecule has 2 heterocycles. The summed E-state index contributed by atoms with van der Waals surface area (Å²) in [5.41, 5.74) is 9.90. The molecule has 0 amide bonds. The van der Waals surface area contributed by atoms with Crippen LogP contribution in [0.3, 0.4) is 0 Å². The largest absolute Gasteiger partial charge is 0.400 e. The third-order valence-electron chi connectivity index (χ3n) is 6.03. The zero-order chi connectivity index (χ0) is 17.1. The number of rotatable bonds is 4. The van der Waals surface area contributed by atoms with Crippen molar-refractivity contribution in [2.75, 3.05) is 53.4 Å². The van der Waals surface area contributed by atoms with Gasteiger partial charge in [-0.3, -0.25) is 4.90 Å². The molecule has 136 valence electrons. The van der Waals surface area contributed by atoms with Gasteiger partial charge in [0.25, 0.3) is 0 Å². The maximum absolute atomic E-state index is 6.15. The van der Waals surface area contributed by atoms with Gasteiger partial charge in [0.1, 0.15) is 6.10 Å². The van der Waals surface area contributed by atoms with Gasteiger partial charge in [-0.25, -0.2) is 0 Å². The van der Waals surface area contributed by atoms with Crippen LogP contribution in [0.15, 0.2) is 23.0 Å². The number of piperazine rings is 1. The predicted octanol–water partition coefficient (Wildman–Crippen LogP) is 1.62. The third-order valence-corrected chi connectivity index (χ3v) is 6.03. The highest BCUT2D eigenvalue weighted by Crippen LogP contribution is 2.31. The Bertz CT molecular complexity index is 486. The number of hydrogen-bond donors (Lipinski definition) is 1. The van der Waals surface area contributed by atoms with Crippen molar-refractivity contribution < 1.29 is 4.74 Å². The molecule has 5 heteroatoms. The van der Waals surface area contributed by atoms with Crippen molar-refractivity contribution in [3.05, 3.63) is 23.0 Å². The lowest BCUT2D eigenvalue weighted by Crippen LogP contribution is -2.52. The predicted molar refractivity (Wildman–Crippen MR) is 98.7 cm³/mol. The maximum atomic E-state index is 6.15. The topological polar surface area (TPSA) is 45.0 Å². The maximum Gasteiger partial charge on any atom is 0.102 e. The summed E-state index contributed by atoms with van der Waals surface area (Å²) in [6, 6.07) is 0.767. The number of nitrogens with two attached hydrogens (primary N) is 1. The molecule has 0 aromatic heterocycles. The first-order valence-corrected chi connectivity index (χ1v) is 9.51. The molecule has 1 atom stereocenters. The van der Waals surface area contributed by atoms with E-state index in [1.54, 1.807) is 7.11 Å². The minimum absolute atomic E-state index is 0.0469. The van der Waals surface area contributed by atoms with Gasteiger partial charge >= 0.3 is 0 Å². The number of ether oxygens (including phenoxy) is 1. The molecule has 1 aliphatic carbocycles. The van der Waals surface area contributed by atoms with E-state index < -0.39 is 0 Å². The van der Waals surface area contributed by atoms with Gasteiger partial charge in [0.05, 0.1) is 0 Å². The van der Waals surface area contributed by atoms with E-state index in [9.17, 15) is 0 Å². The first-order valence-electron chi connectivity index (χ1n) is 9.51. The molecule has 2 N–H and O–H groups in total. The molecule has 2 fully saturated rings. The van der Waals surface area contributed by atoms with Crippen molar-refractivity contribution in [1.29, 1.82) is 0 Å². The molecule has 0 aromatic rings. The van der Waals surface area contributed by atoms with Crippen LogP contribution in [0.5, 0.6) is 0 Å². The Hall–Kier alpha value is -1.04. The second kappa shape index (κ2) is 7.89. The second-order valence-corrected chi connectivity index (χ2v) is 7.46. The summed E-state index contributed by atoms with van der Waals surface area (Å²) in [6.07, 6.45) is 6.74. The van der Waals surface area contributed by atoms with E-state index in [0.717, 1.165) is 24.6 Å². The van der Waals surface area contributed by atoms with Crippen molar-refractivity contribution in [3.63, 3.8) is 0 Å². The number of piperidine rings is 1. The van der Waals surface area contributed by atoms with Crippen LogP contribution in [0.1, 0.15) is 32.6 Å². The Balaban J connectivity index is 1.61. The highest BCUT2D eigenvalue weighted by atomic mass is 16.5. The van der Waals surface area contributed by atoms with Gasteiger partial charge in [0.2, 0.25) is 0 Å². The standard InChI is InChI=1S/C19H34N4O/c1-4-15-13-17(20)19(24-3)14-18(15)23-7-5-16(6-8-23)22-11-9-21(2)10-12-22/h13,16,19H,4-12,14,20H2,1-3H3. The molecule has 0 spiro atoms. The monoisotopic (exact) mass is 334 g/mol. The minimum atomic E-state index is 0.0469. The van der Waals surface area contributed by atoms with Crippen LogP contribution in [-0.2, 0) is 4.74 Å². The molecule has 0 bridgehead atoms. The molecule has 24 heavy (non-hydrogen) atoms. The van der Waals surface area contributed by atoms with E-state index in [2.05, 4.69) is 34.7 Å². The lowest BCUT2D eigenvalue weighted by Gasteiger charge is -2.44. The van der Waals surface area contributed by atoms with E-state index in [0.29, 0.717) is 0 Å². The number of allylic oxidation sites excluding steroid dienone is 2. The zero-order valence-corrected chi connectivity index (χ0v) is 15.6. The minimum Gasteiger partial charge on any atom is -0.400 e. The molecule has 3 aliphatic rings. The van der Waals surface area contributed by atoms with Crippen LogP contribution in [0.2, 0.25) is 0 Å². The third kappa shape index (κ3) is 3.79. The van der Waals surface area contributed by atoms with Crippen LogP contribution >= 0.6 is 0 Å². The van der Waals surface area contributed by atoms with Gasteiger partial charge in [0.15, 0.2) is 0 Å². The highest BCUT2D eigenvalue weighted by Gasteiger charge is 2.30. The van der Waals surface area contributed by atoms with Crippen LogP contribution in [-0.4, -0.2) is 80.3 Å². The van der Waals surface area contributed by atoms with Crippen LogP contribution in [0.25, 0.3) is 0 Å². The molecular formula is C19H34N4O. The van der Waals surface area contributed by atoms with E-state index in [-0.39, 0.29) is 6.10 Å². The Morgan fingerprint density at radius 1 is 1.12 bits per heavy atom. The molecule has 3 rings (SSSR count). The molecule has 2 saturated heterocycles. The van der Waals surface area contributed by atoms with Crippen LogP contribution < -0.4 is 5.73 Å². The van der Waals surface area contributed by atoms with Gasteiger partial charge in [-0.05, 0) is 38.0 Å². The van der Waals surface area contributed by atoms with Gasteiger partial charge in [-0.1, -0.05) is 6.92 Å². The average Bonchev–Trinajstić information content (AvgIpc) is 2.62. The molecule has 2 aliphatic heterocycles. The summed E-state index contributed by atoms with van der Waals surface area (Å²) in [4.78, 5) is 7.75. The molecular weight excluding hydrogens is 300 g/mol. The fraction of sp³-hybridized carbons (Fsp3) is 0.789. The Morgan fingerprint density at radius 3 is 2.38 bits per heavy atom. The SMILES string of the molecule is CCC1=C(N2CCC(N3CCN(C)CC3)CC2)CC(OC)C(N)=C1. The normalized spacial score (nSPS) is 28.4. The number of likely N-dealkylation sites (N-methyl/N-ethyl adjacent to an activating group) is 1. The average molecular weight is 335 g/mol. The van der Waals surface area contributed by atoms with E-state index in [4.69, 9.17) is 10.5 Å². The summed E-state index contributed by atoms with van der Waals surface area (Å²) in [6.45, 7) is 9.45. The first kappa shape index (κ1) is 17.8. The fourth-order valence-corrected chi connectivity index (χ4v) is 4.35. The molecule has 1 unspecified atom stereocenters. The van der Waals surface area contributed by atoms with Crippen molar-refractivity contribution in [1.82, 2.24) is 14.7 Å². The molecule has 5 nitrogen and oxygen atoms in total. The lowest BCUT2D eigenvalue weighted by molar-refractivity contribution is 0.0698. The second-order valence-electron chi connectivity index (χ2n) is 7.46. The van der Waals surface area contributed by atoms with E-state index >= 15 is 0 Å². The first-order chi connectivity index (χ1) is 11.6. The van der Waals surface area contributed by atoms with Crippen molar-refractivity contribution in [2.24, 2.45) is 5.73 Å². The number of hydrogen-bond acceptors (Lipinski definition) is 5. The summed E-state index contributed by atoms with van der Waals surface area (Å²) in [5.74, 6) is 0. The zero-order valence-electron chi connectivity index (χ0n) is 15.6. The smallest absolute Gasteiger partial charge is 0.102 e. The van der Waals surface area contributed by atoms with Crippen molar-refractivity contribution in [2.45, 2.75) is 44.8 Å². The summed E-state index contributed by atoms with van der Waals surface area (Å²) < 4.78 is 5.58. The Morgan fingerprint density at radius 2 is 1.79 bits per heavy atom. The van der Waals surface area contributed by atoms with Gasteiger partial charge < -0.3 is 20.3 Å². The van der Waals surface area contributed by atoms with E-state index in [1.807, 2.05) is 0 Å². The Kier molecular flexibility index (Phi) is 5.85. The summed E-state index contributed by atoms with van der Waals surface area (Å²) >= 11 is 0. The highest BCUT2D eigenvalue weighted by molar-refractivity contribution is 5.34. The van der Waals surface area contributed by atoms with Gasteiger partial charge in [-0.15, -0.1) is 0 Å². The quantitative estimate of drug-likeness (QED) is 0.846. The lowest BCUT2D eigenvalue weighted by atomic mass is 9.93. The van der Waals surface area contributed by atoms with Gasteiger partial charge in [-0.2, -0.15) is 0 Å². The van der Waals surface area contributed by atoms with Crippen LogP contribution in [0.4, 0.5) is 0 Å². The number of nitrogens with zero attached hydrogens (tertiary/aromatic N) is 3. The molecule has 0 aromatic carbocycles. The van der Waals surface area contributed by atoms with Gasteiger partial charge in [0, 0.05) is 70.2 Å². The fourth-order valence-electron chi connectivity index (χ4n) is 4.35. The molecule has 0 radical (unpaired) electrons. The molecule has 0 saturated carbocycles. The number of likely N-dealkylation sites (tertiary alicyclic amines) is 1. The number of methoxy groups -OCH3 is 1.